The van der Waals surface area contributed by atoms with Gasteiger partial charge in [-0.1, -0.05) is 30.8 Å². The minimum atomic E-state index is -4.47. The summed E-state index contributed by atoms with van der Waals surface area (Å²) in [6.45, 7) is 0. The van der Waals surface area contributed by atoms with E-state index in [1.54, 1.807) is 0 Å². The molecule has 0 unspecified atom stereocenters. The van der Waals surface area contributed by atoms with E-state index >= 15 is 0 Å². The van der Waals surface area contributed by atoms with Gasteiger partial charge in [0.1, 0.15) is 11.0 Å². The van der Waals surface area contributed by atoms with Crippen LogP contribution in [-0.4, -0.2) is 28.7 Å². The summed E-state index contributed by atoms with van der Waals surface area (Å²) >= 11 is 0. The molecule has 0 radical (unpaired) electrons. The predicted octanol–water partition coefficient (Wildman–Crippen LogP) is 2.28. The summed E-state index contributed by atoms with van der Waals surface area (Å²) in [5.74, 6) is -1.06. The SMILES string of the molecule is NC(=NO)C1(C(=O)NC2(C(F)(F)F)CC2)CCCCCC1. The number of nitrogens with one attached hydrogen (secondary N) is 1. The maximum Gasteiger partial charge on any atom is 0.411 e. The molecule has 0 aliphatic heterocycles. The Morgan fingerprint density at radius 1 is 1.10 bits per heavy atom. The van der Waals surface area contributed by atoms with Gasteiger partial charge >= 0.3 is 6.18 Å². The average molecular weight is 307 g/mol. The third-order valence-electron chi connectivity index (χ3n) is 4.64. The predicted molar refractivity (Wildman–Crippen MR) is 69.7 cm³/mol. The molecule has 120 valence electrons. The molecule has 0 atom stereocenters. The minimum absolute atomic E-state index is 0.117. The number of alkyl halides is 3. The van der Waals surface area contributed by atoms with Gasteiger partial charge in [-0.15, -0.1) is 0 Å². The molecule has 2 aliphatic rings. The molecule has 2 aliphatic carbocycles. The number of carbonyl (C=O) groups excluding carboxylic acids is 1. The fraction of sp³-hybridized carbons (Fsp3) is 0.846. The van der Waals surface area contributed by atoms with Crippen molar-refractivity contribution in [3.05, 3.63) is 0 Å². The van der Waals surface area contributed by atoms with Crippen LogP contribution < -0.4 is 11.1 Å². The third kappa shape index (κ3) is 2.80. The van der Waals surface area contributed by atoms with Crippen LogP contribution >= 0.6 is 0 Å². The highest BCUT2D eigenvalue weighted by Crippen LogP contribution is 2.50. The van der Waals surface area contributed by atoms with E-state index in [1.165, 1.54) is 0 Å². The first-order chi connectivity index (χ1) is 9.77. The molecule has 4 N–H and O–H groups in total. The minimum Gasteiger partial charge on any atom is -0.409 e. The molecule has 0 aromatic heterocycles. The van der Waals surface area contributed by atoms with Gasteiger partial charge in [0.2, 0.25) is 5.91 Å². The Morgan fingerprint density at radius 2 is 1.62 bits per heavy atom. The van der Waals surface area contributed by atoms with Gasteiger partial charge in [0.05, 0.1) is 0 Å². The highest BCUT2D eigenvalue weighted by molar-refractivity contribution is 6.07. The van der Waals surface area contributed by atoms with Crippen LogP contribution in [0.25, 0.3) is 0 Å². The van der Waals surface area contributed by atoms with E-state index < -0.39 is 23.0 Å². The van der Waals surface area contributed by atoms with Crippen molar-refractivity contribution in [1.82, 2.24) is 5.32 Å². The van der Waals surface area contributed by atoms with E-state index in [4.69, 9.17) is 10.9 Å². The van der Waals surface area contributed by atoms with Gasteiger partial charge in [-0.2, -0.15) is 13.2 Å². The van der Waals surface area contributed by atoms with E-state index in [-0.39, 0.29) is 18.7 Å². The lowest BCUT2D eigenvalue weighted by Crippen LogP contribution is -2.56. The number of carbonyl (C=O) groups is 1. The lowest BCUT2D eigenvalue weighted by Gasteiger charge is -2.32. The zero-order valence-electron chi connectivity index (χ0n) is 11.7. The van der Waals surface area contributed by atoms with Crippen LogP contribution in [0, 0.1) is 5.41 Å². The Bertz CT molecular complexity index is 436. The summed E-state index contributed by atoms with van der Waals surface area (Å²) in [5, 5.41) is 14.0. The molecule has 0 aromatic carbocycles. The van der Waals surface area contributed by atoms with Gasteiger partial charge in [0.25, 0.3) is 0 Å². The van der Waals surface area contributed by atoms with Crippen LogP contribution in [0.1, 0.15) is 51.4 Å². The van der Waals surface area contributed by atoms with E-state index in [0.29, 0.717) is 25.7 Å². The van der Waals surface area contributed by atoms with Crippen molar-refractivity contribution in [2.75, 3.05) is 0 Å². The molecular formula is C13H20F3N3O2. The van der Waals surface area contributed by atoms with Crippen LogP contribution in [-0.2, 0) is 4.79 Å². The quantitative estimate of drug-likeness (QED) is 0.246. The van der Waals surface area contributed by atoms with Crippen molar-refractivity contribution in [2.24, 2.45) is 16.3 Å². The topological polar surface area (TPSA) is 87.7 Å². The fourth-order valence-corrected chi connectivity index (χ4v) is 2.97. The zero-order valence-corrected chi connectivity index (χ0v) is 11.7. The summed E-state index contributed by atoms with van der Waals surface area (Å²) in [7, 11) is 0. The van der Waals surface area contributed by atoms with Crippen molar-refractivity contribution in [3.63, 3.8) is 0 Å². The first kappa shape index (κ1) is 15.9. The first-order valence-electron chi connectivity index (χ1n) is 7.15. The van der Waals surface area contributed by atoms with Gasteiger partial charge < -0.3 is 16.3 Å². The summed E-state index contributed by atoms with van der Waals surface area (Å²) in [5.41, 5.74) is 2.21. The molecule has 2 rings (SSSR count). The number of nitrogens with zero attached hydrogens (tertiary/aromatic N) is 1. The molecule has 2 fully saturated rings. The normalized spacial score (nSPS) is 25.0. The molecule has 0 spiro atoms. The second-order valence-corrected chi connectivity index (χ2v) is 6.02. The molecule has 2 saturated carbocycles. The lowest BCUT2D eigenvalue weighted by molar-refractivity contribution is -0.172. The molecule has 5 nitrogen and oxygen atoms in total. The smallest absolute Gasteiger partial charge is 0.409 e. The number of hydrogen-bond acceptors (Lipinski definition) is 3. The number of amides is 1. The number of rotatable bonds is 3. The highest BCUT2D eigenvalue weighted by Gasteiger charge is 2.65. The summed E-state index contributed by atoms with van der Waals surface area (Å²) in [6.07, 6.45) is -0.977. The Labute approximate surface area is 120 Å². The summed E-state index contributed by atoms with van der Waals surface area (Å²) < 4.78 is 39.0. The molecule has 21 heavy (non-hydrogen) atoms. The van der Waals surface area contributed by atoms with Crippen LogP contribution in [0.3, 0.4) is 0 Å². The number of halogens is 3. The van der Waals surface area contributed by atoms with Gasteiger partial charge in [-0.25, -0.2) is 0 Å². The number of amidine groups is 1. The maximum absolute atomic E-state index is 13.0. The molecule has 0 aromatic rings. The number of oxime groups is 1. The van der Waals surface area contributed by atoms with E-state index in [1.807, 2.05) is 0 Å². The summed E-state index contributed by atoms with van der Waals surface area (Å²) in [6, 6.07) is 0. The Kier molecular flexibility index (Phi) is 4.08. The highest BCUT2D eigenvalue weighted by atomic mass is 19.4. The van der Waals surface area contributed by atoms with E-state index in [2.05, 4.69) is 10.5 Å². The van der Waals surface area contributed by atoms with Crippen molar-refractivity contribution >= 4 is 11.7 Å². The maximum atomic E-state index is 13.0. The second kappa shape index (κ2) is 5.38. The molecular weight excluding hydrogens is 287 g/mol. The average Bonchev–Trinajstić information content (AvgIpc) is 3.20. The zero-order chi connectivity index (χ0) is 15.7. The van der Waals surface area contributed by atoms with Gasteiger partial charge in [0, 0.05) is 0 Å². The fourth-order valence-electron chi connectivity index (χ4n) is 2.97. The second-order valence-electron chi connectivity index (χ2n) is 6.02. The van der Waals surface area contributed by atoms with Crippen molar-refractivity contribution in [3.8, 4) is 0 Å². The van der Waals surface area contributed by atoms with Crippen molar-refractivity contribution in [1.29, 1.82) is 0 Å². The van der Waals surface area contributed by atoms with E-state index in [9.17, 15) is 18.0 Å². The van der Waals surface area contributed by atoms with Gasteiger partial charge in [-0.3, -0.25) is 4.79 Å². The molecule has 0 heterocycles. The van der Waals surface area contributed by atoms with Crippen molar-refractivity contribution < 1.29 is 23.2 Å². The van der Waals surface area contributed by atoms with Crippen LogP contribution in [0.2, 0.25) is 0 Å². The lowest BCUT2D eigenvalue weighted by atomic mass is 9.78. The third-order valence-corrected chi connectivity index (χ3v) is 4.64. The van der Waals surface area contributed by atoms with Crippen molar-refractivity contribution in [2.45, 2.75) is 63.1 Å². The standard InChI is InChI=1S/C13H20F3N3O2/c14-13(15,16)12(7-8-12)18-10(20)11(9(17)19-21)5-3-1-2-4-6-11/h21H,1-8H2,(H2,17,19)(H,18,20). The van der Waals surface area contributed by atoms with E-state index in [0.717, 1.165) is 12.8 Å². The van der Waals surface area contributed by atoms with Crippen LogP contribution in [0.5, 0.6) is 0 Å². The largest absolute Gasteiger partial charge is 0.411 e. The Balaban J connectivity index is 2.23. The Hall–Kier alpha value is -1.47. The van der Waals surface area contributed by atoms with Gasteiger partial charge in [-0.05, 0) is 25.7 Å². The number of nitrogens with two attached hydrogens (primary N) is 1. The monoisotopic (exact) mass is 307 g/mol. The first-order valence-corrected chi connectivity index (χ1v) is 7.15. The Morgan fingerprint density at radius 3 is 2.00 bits per heavy atom. The molecule has 1 amide bonds. The molecule has 0 bridgehead atoms. The molecule has 8 heteroatoms. The summed E-state index contributed by atoms with van der Waals surface area (Å²) in [4.78, 5) is 12.5. The van der Waals surface area contributed by atoms with Crippen LogP contribution in [0.15, 0.2) is 5.16 Å². The number of hydrogen-bond donors (Lipinski definition) is 3. The van der Waals surface area contributed by atoms with Crippen LogP contribution in [0.4, 0.5) is 13.2 Å². The van der Waals surface area contributed by atoms with Gasteiger partial charge in [0.15, 0.2) is 5.84 Å². The molecule has 0 saturated heterocycles.